The maximum Gasteiger partial charge on any atom is 0.0654 e. The third-order valence-corrected chi connectivity index (χ3v) is 3.62. The van der Waals surface area contributed by atoms with E-state index in [0.717, 1.165) is 23.4 Å². The zero-order valence-electron chi connectivity index (χ0n) is 12.4. The lowest BCUT2D eigenvalue weighted by atomic mass is 9.97. The summed E-state index contributed by atoms with van der Waals surface area (Å²) in [6.45, 7) is 4.25. The first-order chi connectivity index (χ1) is 9.69. The first-order valence-electron chi connectivity index (χ1n) is 7.00. The summed E-state index contributed by atoms with van der Waals surface area (Å²) >= 11 is 0. The molecule has 0 fully saturated rings. The van der Waals surface area contributed by atoms with Gasteiger partial charge in [-0.2, -0.15) is 0 Å². The zero-order valence-corrected chi connectivity index (χ0v) is 12.4. The fourth-order valence-corrected chi connectivity index (χ4v) is 2.50. The van der Waals surface area contributed by atoms with Crippen molar-refractivity contribution in [2.45, 2.75) is 20.3 Å². The lowest BCUT2D eigenvalue weighted by molar-refractivity contribution is 1.08. The molecule has 20 heavy (non-hydrogen) atoms. The lowest BCUT2D eigenvalue weighted by Crippen LogP contribution is -2.14. The smallest absolute Gasteiger partial charge is 0.0654 e. The van der Waals surface area contributed by atoms with E-state index in [4.69, 9.17) is 5.73 Å². The molecule has 0 radical (unpaired) electrons. The monoisotopic (exact) mass is 266 g/mol. The minimum atomic E-state index is 0.798. The van der Waals surface area contributed by atoms with Crippen LogP contribution in [-0.4, -0.2) is 7.05 Å². The molecule has 0 aliphatic heterocycles. The van der Waals surface area contributed by atoms with Crippen molar-refractivity contribution in [1.29, 1.82) is 0 Å². The molecule has 0 aliphatic carbocycles. The van der Waals surface area contributed by atoms with Gasteiger partial charge in [-0.3, -0.25) is 0 Å². The summed E-state index contributed by atoms with van der Waals surface area (Å²) in [5.74, 6) is 0. The second-order valence-corrected chi connectivity index (χ2v) is 4.86. The quantitative estimate of drug-likeness (QED) is 0.830. The number of nitrogens with two attached hydrogens (primary N) is 1. The molecule has 2 aromatic carbocycles. The Morgan fingerprint density at radius 3 is 2.20 bits per heavy atom. The van der Waals surface area contributed by atoms with Crippen LogP contribution < -0.4 is 11.1 Å². The average molecular weight is 266 g/mol. The summed E-state index contributed by atoms with van der Waals surface area (Å²) in [7, 11) is 1.92. The van der Waals surface area contributed by atoms with E-state index < -0.39 is 0 Å². The lowest BCUT2D eigenvalue weighted by Gasteiger charge is -2.16. The van der Waals surface area contributed by atoms with Crippen molar-refractivity contribution < 1.29 is 0 Å². The molecule has 2 heteroatoms. The highest BCUT2D eigenvalue weighted by Gasteiger charge is 2.11. The minimum Gasteiger partial charge on any atom is -0.397 e. The maximum absolute atomic E-state index is 6.42. The normalized spacial score (nSPS) is 11.9. The Kier molecular flexibility index (Phi) is 4.46. The van der Waals surface area contributed by atoms with Crippen molar-refractivity contribution in [3.63, 3.8) is 0 Å². The highest BCUT2D eigenvalue weighted by Crippen LogP contribution is 2.25. The molecule has 0 aliphatic rings. The number of rotatable bonds is 4. The summed E-state index contributed by atoms with van der Waals surface area (Å²) < 4.78 is 0. The molecule has 2 rings (SSSR count). The Hall–Kier alpha value is -2.22. The van der Waals surface area contributed by atoms with E-state index in [2.05, 4.69) is 55.6 Å². The van der Waals surface area contributed by atoms with Crippen LogP contribution >= 0.6 is 0 Å². The molecular weight excluding hydrogens is 244 g/mol. The third kappa shape index (κ3) is 2.69. The van der Waals surface area contributed by atoms with Gasteiger partial charge in [-0.25, -0.2) is 0 Å². The summed E-state index contributed by atoms with van der Waals surface area (Å²) in [5.41, 5.74) is 13.0. The zero-order chi connectivity index (χ0) is 14.5. The second kappa shape index (κ2) is 6.29. The molecule has 0 spiro atoms. The van der Waals surface area contributed by atoms with E-state index in [0.29, 0.717) is 0 Å². The van der Waals surface area contributed by atoms with Gasteiger partial charge >= 0.3 is 0 Å². The summed E-state index contributed by atoms with van der Waals surface area (Å²) in [6, 6.07) is 16.6. The van der Waals surface area contributed by atoms with Gasteiger partial charge in [-0.05, 0) is 24.5 Å². The van der Waals surface area contributed by atoms with E-state index in [1.807, 2.05) is 19.2 Å². The van der Waals surface area contributed by atoms with Crippen LogP contribution in [0.4, 0.5) is 0 Å². The van der Waals surface area contributed by atoms with E-state index in [-0.39, 0.29) is 0 Å². The van der Waals surface area contributed by atoms with Gasteiger partial charge in [0.25, 0.3) is 0 Å². The molecule has 104 valence electrons. The topological polar surface area (TPSA) is 38.0 Å². The number of hydrogen-bond acceptors (Lipinski definition) is 2. The molecule has 0 saturated carbocycles. The van der Waals surface area contributed by atoms with Gasteiger partial charge in [0.15, 0.2) is 0 Å². The Morgan fingerprint density at radius 1 is 1.00 bits per heavy atom. The molecule has 0 aromatic heterocycles. The molecule has 2 nitrogen and oxygen atoms in total. The van der Waals surface area contributed by atoms with Gasteiger partial charge < -0.3 is 11.1 Å². The predicted molar refractivity (Wildman–Crippen MR) is 87.1 cm³/mol. The SMILES string of the molecule is CCc1ccccc1/C(NC)=C(/N)c1ccccc1C. The average Bonchev–Trinajstić information content (AvgIpc) is 2.49. The van der Waals surface area contributed by atoms with Crippen LogP contribution in [0.3, 0.4) is 0 Å². The van der Waals surface area contributed by atoms with Crippen molar-refractivity contribution >= 4 is 11.4 Å². The Balaban J connectivity index is 2.61. The van der Waals surface area contributed by atoms with E-state index in [1.54, 1.807) is 0 Å². The molecule has 0 saturated heterocycles. The van der Waals surface area contributed by atoms with E-state index >= 15 is 0 Å². The highest BCUT2D eigenvalue weighted by molar-refractivity contribution is 5.89. The Morgan fingerprint density at radius 2 is 1.60 bits per heavy atom. The first kappa shape index (κ1) is 14.2. The van der Waals surface area contributed by atoms with Gasteiger partial charge in [0.1, 0.15) is 0 Å². The van der Waals surface area contributed by atoms with E-state index in [1.165, 1.54) is 16.7 Å². The van der Waals surface area contributed by atoms with Crippen molar-refractivity contribution in [1.82, 2.24) is 5.32 Å². The summed E-state index contributed by atoms with van der Waals surface area (Å²) in [6.07, 6.45) is 0.988. The number of benzene rings is 2. The van der Waals surface area contributed by atoms with Gasteiger partial charge in [-0.1, -0.05) is 55.5 Å². The predicted octanol–water partition coefficient (Wildman–Crippen LogP) is 3.56. The van der Waals surface area contributed by atoms with Crippen LogP contribution in [0.15, 0.2) is 48.5 Å². The second-order valence-electron chi connectivity index (χ2n) is 4.86. The molecule has 0 amide bonds. The fourth-order valence-electron chi connectivity index (χ4n) is 2.50. The van der Waals surface area contributed by atoms with Crippen molar-refractivity contribution in [3.8, 4) is 0 Å². The van der Waals surface area contributed by atoms with Gasteiger partial charge in [0.2, 0.25) is 0 Å². The van der Waals surface area contributed by atoms with Gasteiger partial charge in [0, 0.05) is 18.2 Å². The molecular formula is C18H22N2. The molecule has 2 aromatic rings. The van der Waals surface area contributed by atoms with E-state index in [9.17, 15) is 0 Å². The Bertz CT molecular complexity index is 627. The Labute approximate surface area is 121 Å². The molecule has 3 N–H and O–H groups in total. The van der Waals surface area contributed by atoms with Crippen LogP contribution in [0.2, 0.25) is 0 Å². The highest BCUT2D eigenvalue weighted by atomic mass is 14.9. The number of nitrogens with one attached hydrogen (secondary N) is 1. The van der Waals surface area contributed by atoms with Crippen LogP contribution in [-0.2, 0) is 6.42 Å². The van der Waals surface area contributed by atoms with Crippen molar-refractivity contribution in [2.24, 2.45) is 5.73 Å². The third-order valence-electron chi connectivity index (χ3n) is 3.62. The number of hydrogen-bond donors (Lipinski definition) is 2. The van der Waals surface area contributed by atoms with Crippen LogP contribution in [0.5, 0.6) is 0 Å². The van der Waals surface area contributed by atoms with Crippen LogP contribution in [0.1, 0.15) is 29.2 Å². The molecule has 0 bridgehead atoms. The number of aryl methyl sites for hydroxylation is 2. The van der Waals surface area contributed by atoms with Crippen molar-refractivity contribution in [3.05, 3.63) is 70.8 Å². The fraction of sp³-hybridized carbons (Fsp3) is 0.222. The van der Waals surface area contributed by atoms with Crippen LogP contribution in [0, 0.1) is 6.92 Å². The van der Waals surface area contributed by atoms with Crippen molar-refractivity contribution in [2.75, 3.05) is 7.05 Å². The van der Waals surface area contributed by atoms with Gasteiger partial charge in [0.05, 0.1) is 11.4 Å². The standard InChI is InChI=1S/C18H22N2/c1-4-14-10-6-8-12-16(14)18(20-3)17(19)15-11-7-5-9-13(15)2/h5-12,20H,4,19H2,1-3H3/b18-17-. The maximum atomic E-state index is 6.42. The summed E-state index contributed by atoms with van der Waals surface area (Å²) in [5, 5.41) is 3.27. The minimum absolute atomic E-state index is 0.798. The molecule has 0 atom stereocenters. The molecule has 0 heterocycles. The first-order valence-corrected chi connectivity index (χ1v) is 7.00. The van der Waals surface area contributed by atoms with Crippen LogP contribution in [0.25, 0.3) is 11.4 Å². The van der Waals surface area contributed by atoms with Gasteiger partial charge in [-0.15, -0.1) is 0 Å². The molecule has 0 unspecified atom stereocenters. The summed E-state index contributed by atoms with van der Waals surface area (Å²) in [4.78, 5) is 0. The largest absolute Gasteiger partial charge is 0.397 e.